The van der Waals surface area contributed by atoms with E-state index in [1.54, 1.807) is 14.0 Å². The number of allylic oxidation sites excluding steroid dienone is 4. The van der Waals surface area contributed by atoms with Gasteiger partial charge in [-0.2, -0.15) is 4.98 Å². The van der Waals surface area contributed by atoms with Crippen LogP contribution in [0.25, 0.3) is 5.57 Å². The molecule has 1 aromatic heterocycles. The highest BCUT2D eigenvalue weighted by molar-refractivity contribution is 6.28. The largest absolute Gasteiger partial charge is 0.490 e. The molecule has 0 radical (unpaired) electrons. The summed E-state index contributed by atoms with van der Waals surface area (Å²) in [5.74, 6) is -0.942. The standard InChI is InChI=1S/C18H21ClN2O2.C6H10F2.C5H12/c1-5-12(2)13(3)15-8-6-14(7-9-15)11-23-17-16(22-4)10-20-18(19)21-17;1-4-5(2)6(3,7)8;1-4-5(2)3/h6-10H,5,11H2,1-4H3;4H,1-3H3;5H,4H2,1-3H3/b;5-4+;. The molecular weight excluding hydrogens is 482 g/mol. The molecule has 0 fully saturated rings. The molecule has 1 heterocycles. The van der Waals surface area contributed by atoms with E-state index in [0.717, 1.165) is 24.8 Å². The van der Waals surface area contributed by atoms with Crippen LogP contribution in [0, 0.1) is 5.92 Å². The van der Waals surface area contributed by atoms with Crippen LogP contribution in [-0.4, -0.2) is 23.0 Å². The molecule has 2 rings (SSSR count). The van der Waals surface area contributed by atoms with Crippen LogP contribution in [0.5, 0.6) is 11.6 Å². The molecule has 7 heteroatoms. The highest BCUT2D eigenvalue weighted by atomic mass is 35.5. The molecule has 36 heavy (non-hydrogen) atoms. The Morgan fingerprint density at radius 2 is 1.67 bits per heavy atom. The van der Waals surface area contributed by atoms with Gasteiger partial charge >= 0.3 is 0 Å². The minimum absolute atomic E-state index is 0.123. The van der Waals surface area contributed by atoms with Gasteiger partial charge in [-0.25, -0.2) is 13.8 Å². The van der Waals surface area contributed by atoms with Gasteiger partial charge < -0.3 is 9.47 Å². The molecule has 0 saturated carbocycles. The van der Waals surface area contributed by atoms with Gasteiger partial charge in [0.25, 0.3) is 11.8 Å². The molecule has 0 aliphatic rings. The van der Waals surface area contributed by atoms with E-state index < -0.39 is 5.92 Å². The molecule has 0 aliphatic carbocycles. The van der Waals surface area contributed by atoms with E-state index in [9.17, 15) is 8.78 Å². The van der Waals surface area contributed by atoms with Gasteiger partial charge in [-0.05, 0) is 73.9 Å². The van der Waals surface area contributed by atoms with E-state index in [1.807, 2.05) is 0 Å². The Kier molecular flexibility index (Phi) is 15.9. The summed E-state index contributed by atoms with van der Waals surface area (Å²) in [5.41, 5.74) is 5.12. The van der Waals surface area contributed by atoms with Crippen molar-refractivity contribution in [2.24, 2.45) is 5.92 Å². The first-order valence-corrected chi connectivity index (χ1v) is 12.6. The normalized spacial score (nSPS) is 12.1. The van der Waals surface area contributed by atoms with Gasteiger partial charge in [0.1, 0.15) is 6.61 Å². The quantitative estimate of drug-likeness (QED) is 0.254. The van der Waals surface area contributed by atoms with Crippen LogP contribution < -0.4 is 9.47 Å². The van der Waals surface area contributed by atoms with Crippen LogP contribution in [0.1, 0.15) is 86.3 Å². The van der Waals surface area contributed by atoms with Gasteiger partial charge in [0.15, 0.2) is 5.75 Å². The third kappa shape index (κ3) is 13.0. The molecule has 0 bridgehead atoms. The first kappa shape index (κ1) is 33.5. The predicted octanol–water partition coefficient (Wildman–Crippen LogP) is 9.58. The zero-order chi connectivity index (χ0) is 27.9. The number of nitrogens with zero attached hydrogens (tertiary/aromatic N) is 2. The Hall–Kier alpha value is -2.47. The van der Waals surface area contributed by atoms with Crippen molar-refractivity contribution in [1.29, 1.82) is 0 Å². The highest BCUT2D eigenvalue weighted by Crippen LogP contribution is 2.26. The van der Waals surface area contributed by atoms with Crippen LogP contribution in [0.2, 0.25) is 5.28 Å². The summed E-state index contributed by atoms with van der Waals surface area (Å²) >= 11 is 5.79. The first-order chi connectivity index (χ1) is 16.8. The Morgan fingerprint density at radius 3 is 2.06 bits per heavy atom. The van der Waals surface area contributed by atoms with Crippen LogP contribution in [-0.2, 0) is 6.61 Å². The lowest BCUT2D eigenvalue weighted by molar-refractivity contribution is 0.0633. The average molecular weight is 525 g/mol. The second-order valence-electron chi connectivity index (χ2n) is 8.92. The summed E-state index contributed by atoms with van der Waals surface area (Å²) in [6.07, 6.45) is 5.28. The van der Waals surface area contributed by atoms with E-state index in [-0.39, 0.29) is 10.9 Å². The number of aromatic nitrogens is 2. The zero-order valence-corrected chi connectivity index (χ0v) is 24.3. The maximum Gasteiger partial charge on any atom is 0.266 e. The zero-order valence-electron chi connectivity index (χ0n) is 23.5. The Bertz CT molecular complexity index is 966. The SMILES string of the molecule is C/C=C(\C)C(C)(F)F.CCC(C)=C(C)c1ccc(COc2nc(Cl)ncc2OC)cc1.CCC(C)C. The molecule has 202 valence electrons. The summed E-state index contributed by atoms with van der Waals surface area (Å²) in [6, 6.07) is 8.32. The molecule has 0 aliphatic heterocycles. The lowest BCUT2D eigenvalue weighted by atomic mass is 10.00. The van der Waals surface area contributed by atoms with Gasteiger partial charge in [-0.15, -0.1) is 0 Å². The second kappa shape index (κ2) is 17.1. The fraction of sp³-hybridized carbons (Fsp3) is 0.517. The van der Waals surface area contributed by atoms with Crippen LogP contribution in [0.15, 0.2) is 47.7 Å². The third-order valence-electron chi connectivity index (χ3n) is 5.79. The van der Waals surface area contributed by atoms with Crippen molar-refractivity contribution in [1.82, 2.24) is 9.97 Å². The molecule has 4 nitrogen and oxygen atoms in total. The molecule has 2 aromatic rings. The van der Waals surface area contributed by atoms with E-state index >= 15 is 0 Å². The minimum atomic E-state index is -2.63. The molecule has 0 atom stereocenters. The molecule has 0 unspecified atom stereocenters. The van der Waals surface area contributed by atoms with Crippen molar-refractivity contribution < 1.29 is 18.3 Å². The Morgan fingerprint density at radius 1 is 1.11 bits per heavy atom. The molecule has 1 aromatic carbocycles. The van der Waals surface area contributed by atoms with Crippen molar-refractivity contribution in [3.8, 4) is 11.6 Å². The maximum absolute atomic E-state index is 12.0. The van der Waals surface area contributed by atoms with Gasteiger partial charge in [-0.1, -0.05) is 70.0 Å². The minimum Gasteiger partial charge on any atom is -0.490 e. The monoisotopic (exact) mass is 524 g/mol. The Balaban J connectivity index is 0.000000779. The number of ether oxygens (including phenoxy) is 2. The van der Waals surface area contributed by atoms with E-state index in [1.165, 1.54) is 42.3 Å². The van der Waals surface area contributed by atoms with Crippen LogP contribution in [0.3, 0.4) is 0 Å². The van der Waals surface area contributed by atoms with E-state index in [0.29, 0.717) is 18.2 Å². The smallest absolute Gasteiger partial charge is 0.266 e. The lowest BCUT2D eigenvalue weighted by Crippen LogP contribution is -2.10. The molecule has 0 saturated heterocycles. The summed E-state index contributed by atoms with van der Waals surface area (Å²) in [7, 11) is 1.54. The number of alkyl halides is 2. The molecule has 0 spiro atoms. The number of hydrogen-bond donors (Lipinski definition) is 0. The highest BCUT2D eigenvalue weighted by Gasteiger charge is 2.22. The summed E-state index contributed by atoms with van der Waals surface area (Å²) < 4.78 is 35.0. The maximum atomic E-state index is 12.0. The van der Waals surface area contributed by atoms with E-state index in [2.05, 4.69) is 75.8 Å². The van der Waals surface area contributed by atoms with Crippen molar-refractivity contribution in [2.45, 2.75) is 87.7 Å². The van der Waals surface area contributed by atoms with Gasteiger partial charge in [0, 0.05) is 6.92 Å². The summed E-state index contributed by atoms with van der Waals surface area (Å²) in [4.78, 5) is 7.90. The average Bonchev–Trinajstić information content (AvgIpc) is 2.86. The lowest BCUT2D eigenvalue weighted by Gasteiger charge is -2.10. The van der Waals surface area contributed by atoms with Crippen molar-refractivity contribution >= 4 is 17.2 Å². The molecule has 0 N–H and O–H groups in total. The fourth-order valence-electron chi connectivity index (χ4n) is 2.35. The first-order valence-electron chi connectivity index (χ1n) is 12.3. The van der Waals surface area contributed by atoms with Crippen molar-refractivity contribution in [3.63, 3.8) is 0 Å². The van der Waals surface area contributed by atoms with Gasteiger partial charge in [-0.3, -0.25) is 0 Å². The van der Waals surface area contributed by atoms with Crippen LogP contribution in [0.4, 0.5) is 8.78 Å². The Labute approximate surface area is 221 Å². The third-order valence-corrected chi connectivity index (χ3v) is 5.97. The topological polar surface area (TPSA) is 44.2 Å². The molecular formula is C29H43ClF2N2O2. The number of methoxy groups -OCH3 is 1. The molecule has 0 amide bonds. The van der Waals surface area contributed by atoms with Gasteiger partial charge in [0.05, 0.1) is 13.3 Å². The number of halogens is 3. The number of benzene rings is 1. The van der Waals surface area contributed by atoms with Crippen molar-refractivity contribution in [2.75, 3.05) is 7.11 Å². The summed E-state index contributed by atoms with van der Waals surface area (Å²) in [6.45, 7) is 17.4. The number of hydrogen-bond acceptors (Lipinski definition) is 4. The summed E-state index contributed by atoms with van der Waals surface area (Å²) in [5, 5.41) is 0.131. The van der Waals surface area contributed by atoms with Crippen molar-refractivity contribution in [3.05, 3.63) is 64.1 Å². The van der Waals surface area contributed by atoms with Crippen LogP contribution >= 0.6 is 11.6 Å². The number of rotatable bonds is 8. The van der Waals surface area contributed by atoms with E-state index in [4.69, 9.17) is 21.1 Å². The fourth-order valence-corrected chi connectivity index (χ4v) is 2.47. The van der Waals surface area contributed by atoms with Gasteiger partial charge in [0.2, 0.25) is 5.28 Å². The second-order valence-corrected chi connectivity index (χ2v) is 9.26. The predicted molar refractivity (Wildman–Crippen MR) is 148 cm³/mol.